The van der Waals surface area contributed by atoms with E-state index in [4.69, 9.17) is 5.73 Å². The predicted molar refractivity (Wildman–Crippen MR) is 75.0 cm³/mol. The fourth-order valence-electron chi connectivity index (χ4n) is 2.32. The number of hydrogen-bond acceptors (Lipinski definition) is 4. The molecule has 2 N–H and O–H groups in total. The Kier molecular flexibility index (Phi) is 3.02. The van der Waals surface area contributed by atoms with Crippen LogP contribution in [0.3, 0.4) is 0 Å². The number of aryl methyl sites for hydroxylation is 1. The maximum absolute atomic E-state index is 12.4. The van der Waals surface area contributed by atoms with Gasteiger partial charge < -0.3 is 10.6 Å². The number of aromatic nitrogens is 3. The quantitative estimate of drug-likeness (QED) is 0.840. The highest BCUT2D eigenvalue weighted by molar-refractivity contribution is 5.96. The van der Waals surface area contributed by atoms with Gasteiger partial charge in [0.15, 0.2) is 0 Å². The molecule has 104 valence electrons. The van der Waals surface area contributed by atoms with Crippen molar-refractivity contribution in [3.63, 3.8) is 0 Å². The summed E-state index contributed by atoms with van der Waals surface area (Å²) in [4.78, 5) is 20.0. The lowest BCUT2D eigenvalue weighted by Crippen LogP contribution is -2.32. The molecule has 2 heterocycles. The van der Waals surface area contributed by atoms with Crippen LogP contribution < -0.4 is 10.6 Å². The van der Waals surface area contributed by atoms with Gasteiger partial charge in [-0.25, -0.2) is 9.78 Å². The van der Waals surface area contributed by atoms with Gasteiger partial charge in [-0.2, -0.15) is 5.10 Å². The summed E-state index contributed by atoms with van der Waals surface area (Å²) in [6.07, 6.45) is 1.49. The molecule has 1 aromatic carbocycles. The number of carbonyl (C=O) groups is 1. The first-order valence-corrected chi connectivity index (χ1v) is 6.40. The van der Waals surface area contributed by atoms with Crippen molar-refractivity contribution < 1.29 is 4.79 Å². The molecule has 1 fully saturated rings. The maximum Gasteiger partial charge on any atom is 0.325 e. The third kappa shape index (κ3) is 2.07. The van der Waals surface area contributed by atoms with Crippen molar-refractivity contribution in [2.45, 2.75) is 6.54 Å². The molecule has 20 heavy (non-hydrogen) atoms. The van der Waals surface area contributed by atoms with Gasteiger partial charge in [0, 0.05) is 20.1 Å². The van der Waals surface area contributed by atoms with Gasteiger partial charge >= 0.3 is 6.03 Å². The molecule has 0 radical (unpaired) electrons. The van der Waals surface area contributed by atoms with Crippen LogP contribution in [0.5, 0.6) is 0 Å². The van der Waals surface area contributed by atoms with Crippen LogP contribution >= 0.6 is 0 Å². The minimum absolute atomic E-state index is 0.0501. The molecule has 2 amide bonds. The van der Waals surface area contributed by atoms with Crippen LogP contribution in [-0.4, -0.2) is 38.8 Å². The number of rotatable bonds is 3. The molecule has 1 aliphatic heterocycles. The highest BCUT2D eigenvalue weighted by Crippen LogP contribution is 2.26. The molecule has 2 aromatic rings. The second-order valence-electron chi connectivity index (χ2n) is 4.71. The second-order valence-corrected chi connectivity index (χ2v) is 4.71. The Balaban J connectivity index is 1.78. The molecule has 0 saturated carbocycles. The molecular formula is C13H16N6O. The molecule has 3 rings (SSSR count). The number of amides is 2. The van der Waals surface area contributed by atoms with Crippen molar-refractivity contribution in [3.8, 4) is 0 Å². The van der Waals surface area contributed by atoms with Crippen LogP contribution in [0.1, 0.15) is 5.82 Å². The van der Waals surface area contributed by atoms with Gasteiger partial charge in [0.2, 0.25) is 0 Å². The van der Waals surface area contributed by atoms with Gasteiger partial charge in [-0.15, -0.1) is 0 Å². The first-order chi connectivity index (χ1) is 9.66. The summed E-state index contributed by atoms with van der Waals surface area (Å²) < 4.78 is 1.67. The fourth-order valence-corrected chi connectivity index (χ4v) is 2.32. The lowest BCUT2D eigenvalue weighted by Gasteiger charge is -2.19. The van der Waals surface area contributed by atoms with Crippen molar-refractivity contribution in [1.29, 1.82) is 0 Å². The summed E-state index contributed by atoms with van der Waals surface area (Å²) in [5.41, 5.74) is 7.30. The van der Waals surface area contributed by atoms with Crippen molar-refractivity contribution >= 4 is 17.4 Å². The summed E-state index contributed by atoms with van der Waals surface area (Å²) in [5.74, 6) is 0.765. The fraction of sp³-hybridized carbons (Fsp3) is 0.308. The third-order valence-corrected chi connectivity index (χ3v) is 3.46. The van der Waals surface area contributed by atoms with E-state index in [1.165, 1.54) is 6.33 Å². The van der Waals surface area contributed by atoms with Crippen LogP contribution in [0.15, 0.2) is 30.6 Å². The van der Waals surface area contributed by atoms with E-state index in [9.17, 15) is 4.79 Å². The van der Waals surface area contributed by atoms with Crippen molar-refractivity contribution in [1.82, 2.24) is 19.7 Å². The first-order valence-electron chi connectivity index (χ1n) is 6.40. The zero-order valence-electron chi connectivity index (χ0n) is 11.2. The highest BCUT2D eigenvalue weighted by atomic mass is 16.2. The van der Waals surface area contributed by atoms with Gasteiger partial charge in [-0.1, -0.05) is 12.1 Å². The van der Waals surface area contributed by atoms with E-state index in [0.717, 1.165) is 11.5 Å². The van der Waals surface area contributed by atoms with Gasteiger partial charge in [0.25, 0.3) is 0 Å². The Hall–Kier alpha value is -2.57. The zero-order chi connectivity index (χ0) is 14.1. The Labute approximate surface area is 116 Å². The Morgan fingerprint density at radius 2 is 2.10 bits per heavy atom. The second kappa shape index (κ2) is 4.84. The largest absolute Gasteiger partial charge is 0.397 e. The highest BCUT2D eigenvalue weighted by Gasteiger charge is 2.31. The molecule has 7 heteroatoms. The van der Waals surface area contributed by atoms with Crippen LogP contribution in [0, 0.1) is 0 Å². The van der Waals surface area contributed by atoms with Crippen molar-refractivity contribution in [2.75, 3.05) is 23.7 Å². The number of anilines is 2. The van der Waals surface area contributed by atoms with Gasteiger partial charge in [-0.3, -0.25) is 9.58 Å². The van der Waals surface area contributed by atoms with Crippen LogP contribution in [-0.2, 0) is 13.6 Å². The number of para-hydroxylation sites is 2. The predicted octanol–water partition coefficient (Wildman–Crippen LogP) is 0.840. The summed E-state index contributed by atoms with van der Waals surface area (Å²) in [7, 11) is 1.82. The normalized spacial score (nSPS) is 15.2. The Morgan fingerprint density at radius 3 is 2.80 bits per heavy atom. The average molecular weight is 272 g/mol. The monoisotopic (exact) mass is 272 g/mol. The van der Waals surface area contributed by atoms with E-state index in [0.29, 0.717) is 25.3 Å². The molecule has 1 aliphatic rings. The SMILES string of the molecule is Cn1ncnc1CN1CCN(c2ccccc2N)C1=O. The molecule has 0 atom stereocenters. The number of nitrogen functional groups attached to an aromatic ring is 1. The van der Waals surface area contributed by atoms with Crippen molar-refractivity contribution in [3.05, 3.63) is 36.4 Å². The summed E-state index contributed by atoms with van der Waals surface area (Å²) in [6.45, 7) is 1.74. The van der Waals surface area contributed by atoms with E-state index >= 15 is 0 Å². The Morgan fingerprint density at radius 1 is 1.30 bits per heavy atom. The summed E-state index contributed by atoms with van der Waals surface area (Å²) >= 11 is 0. The smallest absolute Gasteiger partial charge is 0.325 e. The summed E-state index contributed by atoms with van der Waals surface area (Å²) in [5, 5.41) is 4.01. The third-order valence-electron chi connectivity index (χ3n) is 3.46. The van der Waals surface area contributed by atoms with E-state index in [2.05, 4.69) is 10.1 Å². The molecule has 7 nitrogen and oxygen atoms in total. The molecular weight excluding hydrogens is 256 g/mol. The topological polar surface area (TPSA) is 80.3 Å². The van der Waals surface area contributed by atoms with Gasteiger partial charge in [-0.05, 0) is 12.1 Å². The number of urea groups is 1. The minimum Gasteiger partial charge on any atom is -0.397 e. The molecule has 1 aromatic heterocycles. The van der Waals surface area contributed by atoms with E-state index < -0.39 is 0 Å². The Bertz CT molecular complexity index is 637. The van der Waals surface area contributed by atoms with E-state index in [1.807, 2.05) is 25.2 Å². The van der Waals surface area contributed by atoms with Gasteiger partial charge in [0.1, 0.15) is 12.2 Å². The van der Waals surface area contributed by atoms with Crippen LogP contribution in [0.25, 0.3) is 0 Å². The lowest BCUT2D eigenvalue weighted by atomic mass is 10.2. The average Bonchev–Trinajstić information content (AvgIpc) is 2.99. The van der Waals surface area contributed by atoms with E-state index in [-0.39, 0.29) is 6.03 Å². The van der Waals surface area contributed by atoms with Crippen molar-refractivity contribution in [2.24, 2.45) is 7.05 Å². The van der Waals surface area contributed by atoms with Crippen LogP contribution in [0.2, 0.25) is 0 Å². The van der Waals surface area contributed by atoms with E-state index in [1.54, 1.807) is 20.5 Å². The first kappa shape index (κ1) is 12.5. The molecule has 0 spiro atoms. The minimum atomic E-state index is -0.0501. The molecule has 1 saturated heterocycles. The lowest BCUT2D eigenvalue weighted by molar-refractivity contribution is 0.217. The molecule has 0 bridgehead atoms. The maximum atomic E-state index is 12.4. The number of nitrogens with zero attached hydrogens (tertiary/aromatic N) is 5. The number of benzene rings is 1. The van der Waals surface area contributed by atoms with Crippen LogP contribution in [0.4, 0.5) is 16.2 Å². The zero-order valence-corrected chi connectivity index (χ0v) is 11.2. The summed E-state index contributed by atoms with van der Waals surface area (Å²) in [6, 6.07) is 7.35. The standard InChI is InChI=1S/C13H16N6O/c1-17-12(15-9-16-17)8-18-6-7-19(13(18)20)11-5-3-2-4-10(11)14/h2-5,9H,6-8,14H2,1H3. The number of nitrogens with two attached hydrogens (primary N) is 1. The molecule has 0 unspecified atom stereocenters. The molecule has 0 aliphatic carbocycles. The van der Waals surface area contributed by atoms with Gasteiger partial charge in [0.05, 0.1) is 17.9 Å². The number of carbonyl (C=O) groups excluding carboxylic acids is 1. The number of hydrogen-bond donors (Lipinski definition) is 1.